The van der Waals surface area contributed by atoms with E-state index >= 15 is 0 Å². The van der Waals surface area contributed by atoms with Crippen molar-refractivity contribution >= 4 is 17.7 Å². The largest absolute Gasteiger partial charge is 0.415 e. The Labute approximate surface area is 170 Å². The second-order valence-corrected chi connectivity index (χ2v) is 7.56. The maximum Gasteiger partial charge on any atom is 0.415 e. The summed E-state index contributed by atoms with van der Waals surface area (Å²) in [5.74, 6) is 0.572. The molecule has 148 valence electrons. The van der Waals surface area contributed by atoms with Crippen LogP contribution in [-0.2, 0) is 10.3 Å². The molecular formula is C21H24ClN3O3. The van der Waals surface area contributed by atoms with Gasteiger partial charge in [-0.1, -0.05) is 35.9 Å². The maximum absolute atomic E-state index is 12.5. The quantitative estimate of drug-likeness (QED) is 0.736. The van der Waals surface area contributed by atoms with Gasteiger partial charge >= 0.3 is 6.09 Å². The van der Waals surface area contributed by atoms with E-state index in [0.29, 0.717) is 24.0 Å². The molecular weight excluding hydrogens is 378 g/mol. The van der Waals surface area contributed by atoms with Crippen LogP contribution in [0.15, 0.2) is 48.7 Å². The van der Waals surface area contributed by atoms with Gasteiger partial charge in [0.15, 0.2) is 0 Å². The molecule has 0 radical (unpaired) electrons. The Bertz CT molecular complexity index is 786. The van der Waals surface area contributed by atoms with Crippen molar-refractivity contribution in [1.82, 2.24) is 14.8 Å². The molecule has 0 unspecified atom stereocenters. The Morgan fingerprint density at radius 2 is 1.75 bits per heavy atom. The van der Waals surface area contributed by atoms with Gasteiger partial charge in [0.2, 0.25) is 0 Å². The number of carbonyl (C=O) groups is 1. The van der Waals surface area contributed by atoms with Gasteiger partial charge in [-0.05, 0) is 36.6 Å². The van der Waals surface area contributed by atoms with Crippen LogP contribution in [0.5, 0.6) is 5.75 Å². The van der Waals surface area contributed by atoms with E-state index in [1.165, 1.54) is 5.56 Å². The van der Waals surface area contributed by atoms with Gasteiger partial charge in [-0.15, -0.1) is 0 Å². The van der Waals surface area contributed by atoms with Gasteiger partial charge in [0.1, 0.15) is 10.9 Å². The molecule has 3 heterocycles. The number of para-hydroxylation sites is 1. The smallest absolute Gasteiger partial charge is 0.410 e. The maximum atomic E-state index is 12.5. The van der Waals surface area contributed by atoms with E-state index in [9.17, 15) is 4.79 Å². The van der Waals surface area contributed by atoms with E-state index in [-0.39, 0.29) is 11.6 Å². The van der Waals surface area contributed by atoms with Crippen LogP contribution in [0.4, 0.5) is 4.79 Å². The highest BCUT2D eigenvalue weighted by Gasteiger charge is 2.42. The van der Waals surface area contributed by atoms with Gasteiger partial charge in [0.05, 0.1) is 5.54 Å². The molecule has 7 heteroatoms. The minimum Gasteiger partial charge on any atom is -0.410 e. The van der Waals surface area contributed by atoms with Crippen LogP contribution in [0.25, 0.3) is 0 Å². The first kappa shape index (κ1) is 19.2. The number of halogens is 1. The van der Waals surface area contributed by atoms with Gasteiger partial charge in [-0.25, -0.2) is 9.78 Å². The summed E-state index contributed by atoms with van der Waals surface area (Å²) in [5, 5.41) is 0.499. The molecule has 0 saturated carbocycles. The number of carbonyl (C=O) groups excluding carboxylic acids is 1. The van der Waals surface area contributed by atoms with Gasteiger partial charge in [0, 0.05) is 45.6 Å². The molecule has 2 fully saturated rings. The Hall–Kier alpha value is -2.15. The van der Waals surface area contributed by atoms with Crippen LogP contribution >= 0.6 is 11.6 Å². The molecule has 2 aliphatic heterocycles. The number of pyridine rings is 1. The van der Waals surface area contributed by atoms with Crippen LogP contribution in [0.1, 0.15) is 18.4 Å². The zero-order valence-electron chi connectivity index (χ0n) is 15.7. The van der Waals surface area contributed by atoms with Crippen molar-refractivity contribution in [3.8, 4) is 5.75 Å². The fourth-order valence-corrected chi connectivity index (χ4v) is 4.23. The number of amides is 1. The molecule has 1 aromatic carbocycles. The number of hydrogen-bond acceptors (Lipinski definition) is 5. The Balaban J connectivity index is 1.44. The summed E-state index contributed by atoms with van der Waals surface area (Å²) in [4.78, 5) is 21.0. The molecule has 28 heavy (non-hydrogen) atoms. The van der Waals surface area contributed by atoms with Crippen molar-refractivity contribution in [2.45, 2.75) is 18.4 Å². The van der Waals surface area contributed by atoms with E-state index < -0.39 is 0 Å². The fraction of sp³-hybridized carbons (Fsp3) is 0.429. The molecule has 0 N–H and O–H groups in total. The first-order chi connectivity index (χ1) is 13.7. The summed E-state index contributed by atoms with van der Waals surface area (Å²) >= 11 is 5.99. The molecule has 2 aromatic rings. The molecule has 0 atom stereocenters. The van der Waals surface area contributed by atoms with Crippen molar-refractivity contribution in [2.24, 2.45) is 0 Å². The molecule has 0 spiro atoms. The zero-order valence-corrected chi connectivity index (χ0v) is 16.5. The number of nitrogens with zero attached hydrogens (tertiary/aromatic N) is 3. The zero-order chi connectivity index (χ0) is 19.4. The molecule has 1 aromatic heterocycles. The standard InChI is InChI=1S/C21H24ClN3O3/c22-19-7-6-17(16-23-19)21(8-14-27-15-9-21)25-12-10-24(11-13-25)20(26)28-18-4-2-1-3-5-18/h1-7,16H,8-15H2. The third-order valence-corrected chi connectivity index (χ3v) is 5.90. The number of benzene rings is 1. The molecule has 0 aliphatic carbocycles. The average Bonchev–Trinajstić information content (AvgIpc) is 2.75. The second-order valence-electron chi connectivity index (χ2n) is 7.17. The SMILES string of the molecule is O=C(Oc1ccccc1)N1CCN(C2(c3ccc(Cl)nc3)CCOCC2)CC1. The summed E-state index contributed by atoms with van der Waals surface area (Å²) in [6, 6.07) is 13.1. The van der Waals surface area contributed by atoms with Crippen LogP contribution in [0, 0.1) is 0 Å². The van der Waals surface area contributed by atoms with Crippen molar-refractivity contribution < 1.29 is 14.3 Å². The van der Waals surface area contributed by atoms with Crippen LogP contribution in [0.3, 0.4) is 0 Å². The van der Waals surface area contributed by atoms with Gasteiger partial charge < -0.3 is 14.4 Å². The Morgan fingerprint density at radius 3 is 2.39 bits per heavy atom. The lowest BCUT2D eigenvalue weighted by atomic mass is 9.81. The Morgan fingerprint density at radius 1 is 1.04 bits per heavy atom. The van der Waals surface area contributed by atoms with Gasteiger partial charge in [-0.3, -0.25) is 4.90 Å². The van der Waals surface area contributed by atoms with Crippen LogP contribution in [0.2, 0.25) is 5.15 Å². The predicted octanol–water partition coefficient (Wildman–Crippen LogP) is 3.56. The summed E-state index contributed by atoms with van der Waals surface area (Å²) < 4.78 is 11.1. The first-order valence-corrected chi connectivity index (χ1v) is 10.0. The number of hydrogen-bond donors (Lipinski definition) is 0. The minimum absolute atomic E-state index is 0.120. The van der Waals surface area contributed by atoms with Gasteiger partial charge in [-0.2, -0.15) is 0 Å². The van der Waals surface area contributed by atoms with E-state index in [2.05, 4.69) is 16.0 Å². The highest BCUT2D eigenvalue weighted by atomic mass is 35.5. The summed E-state index contributed by atoms with van der Waals surface area (Å²) in [6.45, 7) is 4.28. The summed E-state index contributed by atoms with van der Waals surface area (Å²) in [7, 11) is 0. The number of rotatable bonds is 3. The molecule has 4 rings (SSSR count). The normalized spacial score (nSPS) is 20.0. The molecule has 2 saturated heterocycles. The van der Waals surface area contributed by atoms with Crippen molar-refractivity contribution in [1.29, 1.82) is 0 Å². The van der Waals surface area contributed by atoms with Crippen molar-refractivity contribution in [2.75, 3.05) is 39.4 Å². The Kier molecular flexibility index (Phi) is 5.80. The van der Waals surface area contributed by atoms with Crippen molar-refractivity contribution in [3.05, 3.63) is 59.4 Å². The molecule has 0 bridgehead atoms. The lowest BCUT2D eigenvalue weighted by Gasteiger charge is -2.49. The molecule has 2 aliphatic rings. The summed E-state index contributed by atoms with van der Waals surface area (Å²) in [6.07, 6.45) is 3.40. The van der Waals surface area contributed by atoms with Crippen LogP contribution in [-0.4, -0.2) is 60.3 Å². The topological polar surface area (TPSA) is 54.9 Å². The van der Waals surface area contributed by atoms with Gasteiger partial charge in [0.25, 0.3) is 0 Å². The lowest BCUT2D eigenvalue weighted by Crippen LogP contribution is -2.58. The van der Waals surface area contributed by atoms with Crippen molar-refractivity contribution in [3.63, 3.8) is 0 Å². The van der Waals surface area contributed by atoms with E-state index in [0.717, 1.165) is 39.1 Å². The predicted molar refractivity (Wildman–Crippen MR) is 107 cm³/mol. The monoisotopic (exact) mass is 401 g/mol. The second kappa shape index (κ2) is 8.47. The average molecular weight is 402 g/mol. The third-order valence-electron chi connectivity index (χ3n) is 5.68. The fourth-order valence-electron chi connectivity index (χ4n) is 4.12. The van der Waals surface area contributed by atoms with E-state index in [1.54, 1.807) is 17.0 Å². The number of piperazine rings is 1. The third kappa shape index (κ3) is 3.99. The van der Waals surface area contributed by atoms with Crippen LogP contribution < -0.4 is 4.74 Å². The lowest BCUT2D eigenvalue weighted by molar-refractivity contribution is -0.0485. The van der Waals surface area contributed by atoms with E-state index in [4.69, 9.17) is 21.1 Å². The highest BCUT2D eigenvalue weighted by Crippen LogP contribution is 2.39. The number of aromatic nitrogens is 1. The summed E-state index contributed by atoms with van der Waals surface area (Å²) in [5.41, 5.74) is 1.05. The highest BCUT2D eigenvalue weighted by molar-refractivity contribution is 6.29. The number of ether oxygens (including phenoxy) is 2. The molecule has 6 nitrogen and oxygen atoms in total. The van der Waals surface area contributed by atoms with E-state index in [1.807, 2.05) is 30.5 Å². The minimum atomic E-state index is -0.292. The first-order valence-electron chi connectivity index (χ1n) is 9.64. The molecule has 1 amide bonds.